The lowest BCUT2D eigenvalue weighted by atomic mass is 10.1. The molecule has 94 valence electrons. The third-order valence-corrected chi connectivity index (χ3v) is 3.49. The van der Waals surface area contributed by atoms with Crippen molar-refractivity contribution in [3.8, 4) is 0 Å². The van der Waals surface area contributed by atoms with E-state index in [-0.39, 0.29) is 12.0 Å². The topological polar surface area (TPSA) is 43.8 Å². The van der Waals surface area contributed by atoms with E-state index in [0.29, 0.717) is 6.42 Å². The van der Waals surface area contributed by atoms with Crippen molar-refractivity contribution in [2.75, 3.05) is 0 Å². The van der Waals surface area contributed by atoms with Gasteiger partial charge in [0, 0.05) is 18.3 Å². The minimum absolute atomic E-state index is 0.0340. The predicted octanol–water partition coefficient (Wildman–Crippen LogP) is 2.41. The summed E-state index contributed by atoms with van der Waals surface area (Å²) >= 11 is 0. The van der Waals surface area contributed by atoms with E-state index in [4.69, 9.17) is 5.73 Å². The average molecular weight is 245 g/mol. The van der Waals surface area contributed by atoms with Gasteiger partial charge in [-0.15, -0.1) is 0 Å². The van der Waals surface area contributed by atoms with Gasteiger partial charge in [-0.2, -0.15) is 0 Å². The van der Waals surface area contributed by atoms with E-state index in [1.165, 1.54) is 17.8 Å². The lowest BCUT2D eigenvalue weighted by molar-refractivity contribution is 0.403. The average Bonchev–Trinajstić information content (AvgIpc) is 2.77. The van der Waals surface area contributed by atoms with Crippen molar-refractivity contribution < 1.29 is 4.39 Å². The molecule has 0 amide bonds. The molecule has 0 saturated carbocycles. The first-order chi connectivity index (χ1) is 8.74. The van der Waals surface area contributed by atoms with Crippen LogP contribution < -0.4 is 5.73 Å². The van der Waals surface area contributed by atoms with Gasteiger partial charge >= 0.3 is 0 Å². The van der Waals surface area contributed by atoms with Crippen LogP contribution in [0.15, 0.2) is 30.5 Å². The fourth-order valence-corrected chi connectivity index (χ4v) is 2.57. The molecule has 0 fully saturated rings. The maximum absolute atomic E-state index is 12.9. The Morgan fingerprint density at radius 1 is 1.33 bits per heavy atom. The van der Waals surface area contributed by atoms with Crippen molar-refractivity contribution in [3.63, 3.8) is 0 Å². The van der Waals surface area contributed by atoms with Gasteiger partial charge in [-0.1, -0.05) is 12.1 Å². The number of imidazole rings is 1. The summed E-state index contributed by atoms with van der Waals surface area (Å²) in [6.45, 7) is 0. The van der Waals surface area contributed by atoms with Gasteiger partial charge in [-0.25, -0.2) is 9.37 Å². The molecule has 18 heavy (non-hydrogen) atoms. The highest BCUT2D eigenvalue weighted by Crippen LogP contribution is 2.24. The fourth-order valence-electron chi connectivity index (χ4n) is 2.57. The molecule has 2 heterocycles. The van der Waals surface area contributed by atoms with Crippen molar-refractivity contribution in [1.82, 2.24) is 9.55 Å². The summed E-state index contributed by atoms with van der Waals surface area (Å²) in [6, 6.07) is 6.56. The number of fused-ring (bicyclic) bond motifs is 1. The number of nitrogens with zero attached hydrogens (tertiary/aromatic N) is 2. The Bertz CT molecular complexity index is 545. The van der Waals surface area contributed by atoms with E-state index in [9.17, 15) is 4.39 Å². The molecule has 1 aliphatic heterocycles. The number of nitrogens with two attached hydrogens (primary N) is 1. The lowest BCUT2D eigenvalue weighted by Crippen LogP contribution is -2.26. The number of halogens is 1. The first-order valence-corrected chi connectivity index (χ1v) is 6.29. The summed E-state index contributed by atoms with van der Waals surface area (Å²) in [7, 11) is 0. The summed E-state index contributed by atoms with van der Waals surface area (Å²) in [5.74, 6) is 0.768. The van der Waals surface area contributed by atoms with Gasteiger partial charge in [0.15, 0.2) is 0 Å². The second kappa shape index (κ2) is 4.53. The van der Waals surface area contributed by atoms with Crippen molar-refractivity contribution in [2.24, 2.45) is 5.73 Å². The van der Waals surface area contributed by atoms with Crippen LogP contribution in [0.5, 0.6) is 0 Å². The lowest BCUT2D eigenvalue weighted by Gasteiger charge is -2.23. The molecular formula is C14H16FN3. The third kappa shape index (κ3) is 2.04. The summed E-state index contributed by atoms with van der Waals surface area (Å²) in [5, 5.41) is 0. The molecule has 0 bridgehead atoms. The normalized spacial score (nSPS) is 18.7. The third-order valence-electron chi connectivity index (χ3n) is 3.49. The second-order valence-corrected chi connectivity index (χ2v) is 4.80. The van der Waals surface area contributed by atoms with Gasteiger partial charge in [0.25, 0.3) is 0 Å². The maximum atomic E-state index is 12.9. The number of hydrogen-bond acceptors (Lipinski definition) is 2. The zero-order valence-electron chi connectivity index (χ0n) is 10.1. The zero-order valence-corrected chi connectivity index (χ0v) is 10.1. The summed E-state index contributed by atoms with van der Waals surface area (Å²) in [5.41, 5.74) is 8.40. The molecule has 2 N–H and O–H groups in total. The van der Waals surface area contributed by atoms with Crippen LogP contribution in [0.1, 0.15) is 36.1 Å². The second-order valence-electron chi connectivity index (χ2n) is 4.80. The minimum atomic E-state index is -0.208. The van der Waals surface area contributed by atoms with Gasteiger partial charge in [0.2, 0.25) is 0 Å². The number of aromatic nitrogens is 2. The Balaban J connectivity index is 1.89. The molecule has 1 unspecified atom stereocenters. The van der Waals surface area contributed by atoms with E-state index in [1.54, 1.807) is 12.1 Å². The molecular weight excluding hydrogens is 229 g/mol. The Labute approximate surface area is 105 Å². The van der Waals surface area contributed by atoms with Crippen LogP contribution in [-0.2, 0) is 12.8 Å². The van der Waals surface area contributed by atoms with Gasteiger partial charge in [-0.05, 0) is 37.0 Å². The zero-order chi connectivity index (χ0) is 12.5. The number of rotatable bonds is 2. The van der Waals surface area contributed by atoms with Crippen molar-refractivity contribution in [3.05, 3.63) is 53.4 Å². The molecule has 1 aromatic heterocycles. The number of hydrogen-bond donors (Lipinski definition) is 1. The predicted molar refractivity (Wildman–Crippen MR) is 67.6 cm³/mol. The largest absolute Gasteiger partial charge is 0.316 e. The van der Waals surface area contributed by atoms with Crippen LogP contribution in [0.3, 0.4) is 0 Å². The van der Waals surface area contributed by atoms with Gasteiger partial charge in [-0.3, -0.25) is 0 Å². The molecule has 0 spiro atoms. The molecule has 3 rings (SSSR count). The quantitative estimate of drug-likeness (QED) is 0.883. The molecule has 2 aromatic rings. The van der Waals surface area contributed by atoms with Crippen LogP contribution in [0.25, 0.3) is 0 Å². The highest BCUT2D eigenvalue weighted by Gasteiger charge is 2.20. The molecule has 1 atom stereocenters. The van der Waals surface area contributed by atoms with Gasteiger partial charge in [0.05, 0.1) is 6.17 Å². The van der Waals surface area contributed by atoms with Crippen molar-refractivity contribution >= 4 is 0 Å². The SMILES string of the molecule is NC1CCCc2cnc(Cc3ccc(F)cc3)n21. The first-order valence-electron chi connectivity index (χ1n) is 6.29. The summed E-state index contributed by atoms with van der Waals surface area (Å²) in [4.78, 5) is 4.46. The highest BCUT2D eigenvalue weighted by molar-refractivity contribution is 5.22. The minimum Gasteiger partial charge on any atom is -0.316 e. The molecule has 1 aromatic carbocycles. The fraction of sp³-hybridized carbons (Fsp3) is 0.357. The maximum Gasteiger partial charge on any atom is 0.123 e. The highest BCUT2D eigenvalue weighted by atomic mass is 19.1. The monoisotopic (exact) mass is 245 g/mol. The van der Waals surface area contributed by atoms with Crippen molar-refractivity contribution in [1.29, 1.82) is 0 Å². The smallest absolute Gasteiger partial charge is 0.123 e. The van der Waals surface area contributed by atoms with Crippen LogP contribution in [-0.4, -0.2) is 9.55 Å². The Morgan fingerprint density at radius 3 is 2.89 bits per heavy atom. The van der Waals surface area contributed by atoms with Gasteiger partial charge < -0.3 is 10.3 Å². The molecule has 1 aliphatic rings. The van der Waals surface area contributed by atoms with E-state index >= 15 is 0 Å². The van der Waals surface area contributed by atoms with Crippen molar-refractivity contribution in [2.45, 2.75) is 31.8 Å². The first kappa shape index (κ1) is 11.4. The van der Waals surface area contributed by atoms with E-state index < -0.39 is 0 Å². The Kier molecular flexibility index (Phi) is 2.88. The molecule has 0 saturated heterocycles. The Morgan fingerprint density at radius 2 is 2.11 bits per heavy atom. The van der Waals surface area contributed by atoms with Gasteiger partial charge in [0.1, 0.15) is 11.6 Å². The van der Waals surface area contributed by atoms with Crippen LogP contribution in [0, 0.1) is 5.82 Å². The number of benzene rings is 1. The van der Waals surface area contributed by atoms with E-state index in [2.05, 4.69) is 9.55 Å². The molecule has 0 radical (unpaired) electrons. The molecule has 0 aliphatic carbocycles. The standard InChI is InChI=1S/C14H16FN3/c15-11-6-4-10(5-7-11)8-14-17-9-12-2-1-3-13(16)18(12)14/h4-7,9,13H,1-3,8,16H2. The van der Waals surface area contributed by atoms with Crippen LogP contribution in [0.2, 0.25) is 0 Å². The summed E-state index contributed by atoms with van der Waals surface area (Å²) < 4.78 is 15.0. The summed E-state index contributed by atoms with van der Waals surface area (Å²) in [6.07, 6.45) is 5.82. The molecule has 3 nitrogen and oxygen atoms in total. The Hall–Kier alpha value is -1.68. The van der Waals surface area contributed by atoms with E-state index in [1.807, 2.05) is 6.20 Å². The van der Waals surface area contributed by atoms with Crippen LogP contribution in [0.4, 0.5) is 4.39 Å². The number of aryl methyl sites for hydroxylation is 1. The van der Waals surface area contributed by atoms with E-state index in [0.717, 1.165) is 30.7 Å². The molecule has 4 heteroatoms. The van der Waals surface area contributed by atoms with Crippen LogP contribution >= 0.6 is 0 Å².